The molecule has 1 atom stereocenters. The number of carbonyl (C=O) groups is 1. The summed E-state index contributed by atoms with van der Waals surface area (Å²) >= 11 is 3.52. The van der Waals surface area contributed by atoms with Crippen LogP contribution in [0.4, 0.5) is 4.79 Å². The largest absolute Gasteiger partial charge is 0.455 e. The molecule has 0 N–H and O–H groups in total. The summed E-state index contributed by atoms with van der Waals surface area (Å²) in [6.07, 6.45) is 4.49. The van der Waals surface area contributed by atoms with Crippen LogP contribution in [0, 0.1) is 0 Å². The summed E-state index contributed by atoms with van der Waals surface area (Å²) in [6, 6.07) is 0. The van der Waals surface area contributed by atoms with E-state index < -0.39 is 5.30 Å². The lowest BCUT2D eigenvalue weighted by Crippen LogP contribution is -2.09. The maximum absolute atomic E-state index is 10.3. The lowest BCUT2D eigenvalue weighted by molar-refractivity contribution is 0.126. The fourth-order valence-corrected chi connectivity index (χ4v) is 1.09. The summed E-state index contributed by atoms with van der Waals surface area (Å²) in [5.74, 6) is 0. The van der Waals surface area contributed by atoms with Crippen molar-refractivity contribution >= 4 is 17.9 Å². The number of ether oxygens (including phenoxy) is 1. The van der Waals surface area contributed by atoms with Gasteiger partial charge in [0, 0.05) is 0 Å². The predicted molar refractivity (Wildman–Crippen MR) is 49.1 cm³/mol. The highest BCUT2D eigenvalue weighted by Gasteiger charge is 2.03. The van der Waals surface area contributed by atoms with Crippen molar-refractivity contribution in [1.82, 2.24) is 0 Å². The number of unbranched alkanes of at least 4 members (excludes halogenated alkanes) is 2. The van der Waals surface area contributed by atoms with E-state index in [1.165, 1.54) is 12.8 Å². The second-order valence-corrected chi connectivity index (χ2v) is 3.06. The zero-order valence-electron chi connectivity index (χ0n) is 7.17. The Kier molecular flexibility index (Phi) is 6.42. The van der Waals surface area contributed by atoms with Gasteiger partial charge in [0.05, 0.1) is 6.10 Å². The molecule has 0 amide bonds. The van der Waals surface area contributed by atoms with Gasteiger partial charge in [-0.15, -0.1) is 0 Å². The highest BCUT2D eigenvalue weighted by Crippen LogP contribution is 2.07. The molecule has 11 heavy (non-hydrogen) atoms. The Bertz CT molecular complexity index is 115. The molecule has 3 heteroatoms. The quantitative estimate of drug-likeness (QED) is 0.396. The highest BCUT2D eigenvalue weighted by atomic mass is 32.1. The molecule has 0 rings (SSSR count). The van der Waals surface area contributed by atoms with Gasteiger partial charge >= 0.3 is 5.30 Å². The number of hydrogen-bond acceptors (Lipinski definition) is 2. The summed E-state index contributed by atoms with van der Waals surface area (Å²) in [5.41, 5.74) is 0. The molecule has 66 valence electrons. The molecule has 0 saturated heterocycles. The first-order valence-electron chi connectivity index (χ1n) is 4.06. The number of hydrogen-bond donors (Lipinski definition) is 1. The molecule has 2 nitrogen and oxygen atoms in total. The average molecular weight is 176 g/mol. The molecule has 0 spiro atoms. The average Bonchev–Trinajstić information content (AvgIpc) is 1.86. The first-order chi connectivity index (χ1) is 5.16. The first kappa shape index (κ1) is 10.8. The highest BCUT2D eigenvalue weighted by molar-refractivity contribution is 7.96. The Morgan fingerprint density at radius 1 is 1.55 bits per heavy atom. The van der Waals surface area contributed by atoms with Crippen molar-refractivity contribution in [3.05, 3.63) is 0 Å². The summed E-state index contributed by atoms with van der Waals surface area (Å²) in [5, 5.41) is -0.478. The Balaban J connectivity index is 3.22. The van der Waals surface area contributed by atoms with Gasteiger partial charge in [0.25, 0.3) is 0 Å². The molecular formula is C8H16O2S. The molecule has 0 radical (unpaired) electrons. The maximum atomic E-state index is 10.3. The van der Waals surface area contributed by atoms with Crippen molar-refractivity contribution in [3.63, 3.8) is 0 Å². The van der Waals surface area contributed by atoms with E-state index in [4.69, 9.17) is 4.74 Å². The van der Waals surface area contributed by atoms with Crippen LogP contribution < -0.4 is 0 Å². The number of thiol groups is 1. The molecule has 0 fully saturated rings. The van der Waals surface area contributed by atoms with Gasteiger partial charge in [-0.25, -0.2) is 4.79 Å². The second kappa shape index (κ2) is 6.53. The molecule has 0 saturated carbocycles. The molecule has 0 aliphatic carbocycles. The van der Waals surface area contributed by atoms with Crippen LogP contribution in [-0.2, 0) is 4.74 Å². The third kappa shape index (κ3) is 7.72. The topological polar surface area (TPSA) is 26.3 Å². The van der Waals surface area contributed by atoms with Gasteiger partial charge in [-0.2, -0.15) is 0 Å². The van der Waals surface area contributed by atoms with Crippen molar-refractivity contribution in [1.29, 1.82) is 0 Å². The van der Waals surface area contributed by atoms with Crippen LogP contribution in [0.15, 0.2) is 0 Å². The normalized spacial score (nSPS) is 12.6. The smallest absolute Gasteiger partial charge is 0.364 e. The van der Waals surface area contributed by atoms with E-state index in [9.17, 15) is 4.79 Å². The molecule has 0 aromatic carbocycles. The van der Waals surface area contributed by atoms with Gasteiger partial charge in [-0.1, -0.05) is 32.4 Å². The minimum Gasteiger partial charge on any atom is -0.455 e. The second-order valence-electron chi connectivity index (χ2n) is 2.69. The van der Waals surface area contributed by atoms with Gasteiger partial charge in [0.2, 0.25) is 0 Å². The van der Waals surface area contributed by atoms with E-state index in [2.05, 4.69) is 19.6 Å². The van der Waals surface area contributed by atoms with Gasteiger partial charge < -0.3 is 4.74 Å². The van der Waals surface area contributed by atoms with Crippen LogP contribution in [0.3, 0.4) is 0 Å². The third-order valence-corrected chi connectivity index (χ3v) is 1.62. The summed E-state index contributed by atoms with van der Waals surface area (Å²) in [6.45, 7) is 4.04. The van der Waals surface area contributed by atoms with Crippen LogP contribution in [-0.4, -0.2) is 11.4 Å². The van der Waals surface area contributed by atoms with Crippen LogP contribution >= 0.6 is 12.6 Å². The van der Waals surface area contributed by atoms with Gasteiger partial charge in [0.1, 0.15) is 0 Å². The van der Waals surface area contributed by atoms with E-state index in [1.54, 1.807) is 0 Å². The lowest BCUT2D eigenvalue weighted by Gasteiger charge is -2.09. The van der Waals surface area contributed by atoms with Crippen molar-refractivity contribution in [2.24, 2.45) is 0 Å². The maximum Gasteiger partial charge on any atom is 0.364 e. The molecule has 0 aliphatic rings. The van der Waals surface area contributed by atoms with E-state index in [0.29, 0.717) is 0 Å². The Morgan fingerprint density at radius 3 is 2.64 bits per heavy atom. The molecule has 0 aromatic rings. The van der Waals surface area contributed by atoms with Crippen molar-refractivity contribution < 1.29 is 9.53 Å². The zero-order valence-corrected chi connectivity index (χ0v) is 8.06. The van der Waals surface area contributed by atoms with Gasteiger partial charge in [0.15, 0.2) is 0 Å². The summed E-state index contributed by atoms with van der Waals surface area (Å²) < 4.78 is 4.82. The summed E-state index contributed by atoms with van der Waals surface area (Å²) in [4.78, 5) is 10.3. The number of carbonyl (C=O) groups excluding carboxylic acids is 1. The Morgan fingerprint density at radius 2 is 2.18 bits per heavy atom. The standard InChI is InChI=1S/C8H16O2S/c1-3-4-5-6-7(2)10-8(9)11/h7H,3-6H2,1-2H3,(H,9,11). The molecule has 1 unspecified atom stereocenters. The zero-order chi connectivity index (χ0) is 8.69. The molecule has 0 aromatic heterocycles. The van der Waals surface area contributed by atoms with Crippen LogP contribution in [0.25, 0.3) is 0 Å². The third-order valence-electron chi connectivity index (χ3n) is 1.52. The SMILES string of the molecule is CCCCCC(C)OC(=O)S. The fraction of sp³-hybridized carbons (Fsp3) is 0.875. The van der Waals surface area contributed by atoms with E-state index in [-0.39, 0.29) is 6.10 Å². The summed E-state index contributed by atoms with van der Waals surface area (Å²) in [7, 11) is 0. The van der Waals surface area contributed by atoms with E-state index in [0.717, 1.165) is 12.8 Å². The van der Waals surface area contributed by atoms with Gasteiger partial charge in [-0.3, -0.25) is 0 Å². The van der Waals surface area contributed by atoms with Crippen LogP contribution in [0.1, 0.15) is 39.5 Å². The Labute approximate surface area is 73.7 Å². The monoisotopic (exact) mass is 176 g/mol. The van der Waals surface area contributed by atoms with Crippen molar-refractivity contribution in [2.75, 3.05) is 0 Å². The Hall–Kier alpha value is -0.180. The van der Waals surface area contributed by atoms with E-state index >= 15 is 0 Å². The molecule has 0 heterocycles. The number of rotatable bonds is 5. The fourth-order valence-electron chi connectivity index (χ4n) is 0.913. The molecular weight excluding hydrogens is 160 g/mol. The minimum atomic E-state index is -0.478. The molecule has 0 aliphatic heterocycles. The predicted octanol–water partition coefficient (Wildman–Crippen LogP) is 3.02. The van der Waals surface area contributed by atoms with Crippen LogP contribution in [0.2, 0.25) is 0 Å². The van der Waals surface area contributed by atoms with Crippen molar-refractivity contribution in [3.8, 4) is 0 Å². The molecule has 0 bridgehead atoms. The van der Waals surface area contributed by atoms with Crippen LogP contribution in [0.5, 0.6) is 0 Å². The lowest BCUT2D eigenvalue weighted by atomic mass is 10.1. The van der Waals surface area contributed by atoms with Crippen molar-refractivity contribution in [2.45, 2.75) is 45.6 Å². The minimum absolute atomic E-state index is 0.0200. The van der Waals surface area contributed by atoms with E-state index in [1.807, 2.05) is 6.92 Å². The van der Waals surface area contributed by atoms with Gasteiger partial charge in [-0.05, 0) is 19.8 Å². The first-order valence-corrected chi connectivity index (χ1v) is 4.51.